The zero-order valence-electron chi connectivity index (χ0n) is 10.4. The van der Waals surface area contributed by atoms with E-state index in [1.165, 1.54) is 29.5 Å². The molecule has 0 amide bonds. The highest BCUT2D eigenvalue weighted by atomic mass is 14.3. The van der Waals surface area contributed by atoms with Gasteiger partial charge in [-0.25, -0.2) is 0 Å². The van der Waals surface area contributed by atoms with E-state index in [4.69, 9.17) is 0 Å². The molecular formula is C18H16. The quantitative estimate of drug-likeness (QED) is 0.686. The lowest BCUT2D eigenvalue weighted by Gasteiger charge is -2.16. The second-order valence-corrected chi connectivity index (χ2v) is 5.32. The van der Waals surface area contributed by atoms with E-state index in [0.29, 0.717) is 5.92 Å². The van der Waals surface area contributed by atoms with Crippen molar-refractivity contribution in [1.82, 2.24) is 0 Å². The minimum atomic E-state index is 0.610. The molecule has 0 saturated heterocycles. The summed E-state index contributed by atoms with van der Waals surface area (Å²) in [5.41, 5.74) is 7.61. The Labute approximate surface area is 108 Å². The van der Waals surface area contributed by atoms with Crippen LogP contribution in [0.5, 0.6) is 0 Å². The zero-order valence-corrected chi connectivity index (χ0v) is 10.4. The molecule has 2 aliphatic carbocycles. The molecule has 0 heterocycles. The first-order valence-corrected chi connectivity index (χ1v) is 6.79. The van der Waals surface area contributed by atoms with Crippen molar-refractivity contribution < 1.29 is 0 Å². The van der Waals surface area contributed by atoms with Gasteiger partial charge in [0, 0.05) is 5.92 Å². The van der Waals surface area contributed by atoms with Crippen molar-refractivity contribution in [2.75, 3.05) is 0 Å². The maximum Gasteiger partial charge on any atom is 0.0101 e. The van der Waals surface area contributed by atoms with Gasteiger partial charge in [0.2, 0.25) is 0 Å². The van der Waals surface area contributed by atoms with E-state index >= 15 is 0 Å². The molecule has 0 radical (unpaired) electrons. The average Bonchev–Trinajstić information content (AvgIpc) is 3.05. The van der Waals surface area contributed by atoms with Crippen molar-refractivity contribution in [1.29, 1.82) is 0 Å². The molecule has 0 heteroatoms. The summed E-state index contributed by atoms with van der Waals surface area (Å²) in [4.78, 5) is 0. The molecule has 0 aromatic heterocycles. The second kappa shape index (κ2) is 3.84. The largest absolute Gasteiger partial charge is 0.0795 e. The average molecular weight is 232 g/mol. The normalized spacial score (nSPS) is 19.9. The van der Waals surface area contributed by atoms with Crippen LogP contribution in [0.1, 0.15) is 40.2 Å². The molecule has 1 unspecified atom stereocenters. The summed E-state index contributed by atoms with van der Waals surface area (Å²) in [6.07, 6.45) is 8.20. The topological polar surface area (TPSA) is 0 Å². The van der Waals surface area contributed by atoms with Gasteiger partial charge < -0.3 is 0 Å². The molecule has 0 fully saturated rings. The van der Waals surface area contributed by atoms with Crippen molar-refractivity contribution in [3.05, 3.63) is 76.4 Å². The van der Waals surface area contributed by atoms with E-state index in [1.54, 1.807) is 11.1 Å². The van der Waals surface area contributed by atoms with Crippen molar-refractivity contribution >= 4 is 6.08 Å². The van der Waals surface area contributed by atoms with Gasteiger partial charge in [0.15, 0.2) is 0 Å². The van der Waals surface area contributed by atoms with E-state index in [-0.39, 0.29) is 0 Å². The minimum Gasteiger partial charge on any atom is -0.0795 e. The molecule has 0 bridgehead atoms. The molecule has 0 spiro atoms. The summed E-state index contributed by atoms with van der Waals surface area (Å²) >= 11 is 0. The Bertz CT molecular complexity index is 634. The van der Waals surface area contributed by atoms with Crippen molar-refractivity contribution in [3.8, 4) is 0 Å². The fourth-order valence-corrected chi connectivity index (χ4v) is 3.50. The molecule has 2 aromatic carbocycles. The molecular weight excluding hydrogens is 216 g/mol. The van der Waals surface area contributed by atoms with Crippen LogP contribution < -0.4 is 0 Å². The van der Waals surface area contributed by atoms with Gasteiger partial charge in [-0.3, -0.25) is 0 Å². The lowest BCUT2D eigenvalue weighted by molar-refractivity contribution is 0.786. The Balaban J connectivity index is 1.87. The summed E-state index contributed by atoms with van der Waals surface area (Å²) in [5, 5.41) is 0. The van der Waals surface area contributed by atoms with E-state index in [2.05, 4.69) is 54.6 Å². The van der Waals surface area contributed by atoms with Gasteiger partial charge in [-0.15, -0.1) is 0 Å². The predicted molar refractivity (Wildman–Crippen MR) is 75.8 cm³/mol. The summed E-state index contributed by atoms with van der Waals surface area (Å²) in [7, 11) is 0. The van der Waals surface area contributed by atoms with Crippen LogP contribution >= 0.6 is 0 Å². The molecule has 0 N–H and O–H groups in total. The van der Waals surface area contributed by atoms with E-state index in [9.17, 15) is 0 Å². The maximum atomic E-state index is 2.32. The van der Waals surface area contributed by atoms with Gasteiger partial charge in [0.25, 0.3) is 0 Å². The molecule has 0 saturated carbocycles. The Morgan fingerprint density at radius 1 is 0.833 bits per heavy atom. The van der Waals surface area contributed by atoms with Gasteiger partial charge in [-0.05, 0) is 47.1 Å². The molecule has 2 aliphatic rings. The minimum absolute atomic E-state index is 0.610. The lowest BCUT2D eigenvalue weighted by atomic mass is 9.88. The standard InChI is InChI=1S/C18H16/c1-2-8-15-14(5-1)11-12-18(15)17-10-4-7-13-6-3-9-16(13)17/h1-5,7-10,18H,6,11-12H2. The molecule has 0 nitrogen and oxygen atoms in total. The summed E-state index contributed by atoms with van der Waals surface area (Å²) in [6, 6.07) is 15.7. The molecule has 1 atom stereocenters. The summed E-state index contributed by atoms with van der Waals surface area (Å²) in [6.45, 7) is 0. The Morgan fingerprint density at radius 3 is 2.67 bits per heavy atom. The van der Waals surface area contributed by atoms with Crippen LogP contribution in [0.25, 0.3) is 6.08 Å². The third kappa shape index (κ3) is 1.38. The SMILES string of the molecule is C1=Cc2c(cccc2C2CCc3ccccc32)C1. The van der Waals surface area contributed by atoms with Crippen LogP contribution in [-0.4, -0.2) is 0 Å². The first-order valence-electron chi connectivity index (χ1n) is 6.79. The lowest BCUT2D eigenvalue weighted by Crippen LogP contribution is -2.00. The highest BCUT2D eigenvalue weighted by molar-refractivity contribution is 5.65. The van der Waals surface area contributed by atoms with E-state index in [0.717, 1.165) is 6.42 Å². The molecule has 2 aromatic rings. The monoisotopic (exact) mass is 232 g/mol. The number of benzene rings is 2. The highest BCUT2D eigenvalue weighted by Crippen LogP contribution is 2.41. The Hall–Kier alpha value is -1.82. The van der Waals surface area contributed by atoms with Gasteiger partial charge in [0.05, 0.1) is 0 Å². The van der Waals surface area contributed by atoms with Gasteiger partial charge >= 0.3 is 0 Å². The van der Waals surface area contributed by atoms with Gasteiger partial charge in [-0.2, -0.15) is 0 Å². The van der Waals surface area contributed by atoms with Crippen LogP contribution in [0, 0.1) is 0 Å². The Morgan fingerprint density at radius 2 is 1.67 bits per heavy atom. The predicted octanol–water partition coefficient (Wildman–Crippen LogP) is 4.33. The Kier molecular flexibility index (Phi) is 2.16. The fraction of sp³-hybridized carbons (Fsp3) is 0.222. The number of aryl methyl sites for hydroxylation is 1. The number of hydrogen-bond donors (Lipinski definition) is 0. The van der Waals surface area contributed by atoms with E-state index in [1.807, 2.05) is 0 Å². The maximum absolute atomic E-state index is 2.32. The van der Waals surface area contributed by atoms with Crippen molar-refractivity contribution in [2.24, 2.45) is 0 Å². The molecule has 88 valence electrons. The third-order valence-electron chi connectivity index (χ3n) is 4.36. The summed E-state index contributed by atoms with van der Waals surface area (Å²) < 4.78 is 0. The molecule has 18 heavy (non-hydrogen) atoms. The van der Waals surface area contributed by atoms with Crippen LogP contribution in [0.15, 0.2) is 48.5 Å². The van der Waals surface area contributed by atoms with Gasteiger partial charge in [-0.1, -0.05) is 54.6 Å². The van der Waals surface area contributed by atoms with Crippen LogP contribution in [0.2, 0.25) is 0 Å². The molecule has 0 aliphatic heterocycles. The molecule has 4 rings (SSSR count). The number of rotatable bonds is 1. The summed E-state index contributed by atoms with van der Waals surface area (Å²) in [5.74, 6) is 0.610. The third-order valence-corrected chi connectivity index (χ3v) is 4.36. The highest BCUT2D eigenvalue weighted by Gasteiger charge is 2.26. The van der Waals surface area contributed by atoms with Crippen LogP contribution in [0.3, 0.4) is 0 Å². The first kappa shape index (κ1) is 10.1. The number of allylic oxidation sites excluding steroid dienone is 1. The van der Waals surface area contributed by atoms with Crippen molar-refractivity contribution in [2.45, 2.75) is 25.2 Å². The van der Waals surface area contributed by atoms with Crippen molar-refractivity contribution in [3.63, 3.8) is 0 Å². The van der Waals surface area contributed by atoms with Crippen LogP contribution in [0.4, 0.5) is 0 Å². The van der Waals surface area contributed by atoms with Crippen LogP contribution in [-0.2, 0) is 12.8 Å². The number of hydrogen-bond acceptors (Lipinski definition) is 0. The smallest absolute Gasteiger partial charge is 0.0101 e. The first-order chi connectivity index (χ1) is 8.93. The fourth-order valence-electron chi connectivity index (χ4n) is 3.50. The zero-order chi connectivity index (χ0) is 11.9. The van der Waals surface area contributed by atoms with E-state index < -0.39 is 0 Å². The van der Waals surface area contributed by atoms with Gasteiger partial charge in [0.1, 0.15) is 0 Å². The second-order valence-electron chi connectivity index (χ2n) is 5.32. The number of fused-ring (bicyclic) bond motifs is 2.